The first-order chi connectivity index (χ1) is 21.9. The Morgan fingerprint density at radius 3 is 2.52 bits per heavy atom. The summed E-state index contributed by atoms with van der Waals surface area (Å²) in [5.41, 5.74) is 6.26. The van der Waals surface area contributed by atoms with E-state index >= 15 is 0 Å². The highest BCUT2D eigenvalue weighted by molar-refractivity contribution is 7.92. The van der Waals surface area contributed by atoms with Gasteiger partial charge in [-0.25, -0.2) is 12.8 Å². The van der Waals surface area contributed by atoms with Crippen molar-refractivity contribution in [2.24, 2.45) is 0 Å². The third-order valence-electron chi connectivity index (χ3n) is 7.56. The predicted octanol–water partition coefficient (Wildman–Crippen LogP) is 8.11. The molecule has 0 spiro atoms. The van der Waals surface area contributed by atoms with Crippen molar-refractivity contribution in [2.45, 2.75) is 20.8 Å². The molecule has 0 bridgehead atoms. The van der Waals surface area contributed by atoms with Crippen LogP contribution in [0.3, 0.4) is 0 Å². The molecule has 0 aliphatic heterocycles. The van der Waals surface area contributed by atoms with Crippen LogP contribution in [0.1, 0.15) is 42.5 Å². The zero-order valence-corrected chi connectivity index (χ0v) is 27.3. The Balaban J connectivity index is 1.87. The van der Waals surface area contributed by atoms with E-state index < -0.39 is 10.0 Å². The molecule has 1 amide bonds. The lowest BCUT2D eigenvalue weighted by molar-refractivity contribution is 0.0963. The predicted molar refractivity (Wildman–Crippen MR) is 186 cm³/mol. The van der Waals surface area contributed by atoms with Crippen LogP contribution >= 0.6 is 0 Å². The minimum absolute atomic E-state index is 0.283. The number of pyridine rings is 1. The molecule has 46 heavy (non-hydrogen) atoms. The summed E-state index contributed by atoms with van der Waals surface area (Å²) in [4.78, 5) is 21.4. The highest BCUT2D eigenvalue weighted by Gasteiger charge is 2.27. The van der Waals surface area contributed by atoms with Crippen molar-refractivity contribution < 1.29 is 22.0 Å². The number of H-pyrrole nitrogens is 1. The molecule has 236 valence electrons. The van der Waals surface area contributed by atoms with E-state index in [2.05, 4.69) is 16.9 Å². The Morgan fingerprint density at radius 1 is 1.13 bits per heavy atom. The number of allylic oxidation sites excluding steroid dienone is 6. The van der Waals surface area contributed by atoms with Gasteiger partial charge in [-0.3, -0.25) is 14.1 Å². The van der Waals surface area contributed by atoms with Gasteiger partial charge in [-0.05, 0) is 51.1 Å². The maximum atomic E-state index is 14.7. The molecule has 5 rings (SSSR count). The van der Waals surface area contributed by atoms with E-state index in [1.165, 1.54) is 20.2 Å². The van der Waals surface area contributed by atoms with Crippen LogP contribution in [-0.2, 0) is 10.0 Å². The maximum absolute atomic E-state index is 14.7. The second-order valence-corrected chi connectivity index (χ2v) is 13.1. The molecule has 0 aliphatic rings. The minimum Gasteiger partial charge on any atom is -0.455 e. The third kappa shape index (κ3) is 6.03. The van der Waals surface area contributed by atoms with Crippen molar-refractivity contribution in [1.29, 1.82) is 0 Å². The maximum Gasteiger partial charge on any atom is 0.255 e. The van der Waals surface area contributed by atoms with Crippen molar-refractivity contribution in [3.8, 4) is 22.5 Å². The molecule has 0 fully saturated rings. The quantitative estimate of drug-likeness (QED) is 0.159. The number of carbonyl (C=O) groups is 1. The molecule has 5 aromatic rings. The van der Waals surface area contributed by atoms with Crippen LogP contribution in [0, 0.1) is 5.82 Å². The molecular formula is C36H35FN4O4S. The summed E-state index contributed by atoms with van der Waals surface area (Å²) in [6, 6.07) is 11.8. The van der Waals surface area contributed by atoms with Gasteiger partial charge in [0.15, 0.2) is 0 Å². The fourth-order valence-electron chi connectivity index (χ4n) is 5.38. The normalized spacial score (nSPS) is 12.2. The van der Waals surface area contributed by atoms with E-state index in [-0.39, 0.29) is 17.3 Å². The van der Waals surface area contributed by atoms with Crippen molar-refractivity contribution in [3.05, 3.63) is 108 Å². The first-order valence-corrected chi connectivity index (χ1v) is 16.4. The fraction of sp³-hybridized carbons (Fsp3) is 0.167. The monoisotopic (exact) mass is 638 g/mol. The molecular weight excluding hydrogens is 603 g/mol. The number of fused-ring (bicyclic) bond motifs is 2. The molecule has 0 saturated carbocycles. The Bertz CT molecular complexity index is 2220. The number of aromatic nitrogens is 2. The summed E-state index contributed by atoms with van der Waals surface area (Å²) in [5.74, 6) is -0.415. The largest absolute Gasteiger partial charge is 0.455 e. The van der Waals surface area contributed by atoms with Gasteiger partial charge in [-0.1, -0.05) is 48.6 Å². The highest BCUT2D eigenvalue weighted by atomic mass is 32.2. The van der Waals surface area contributed by atoms with E-state index in [0.29, 0.717) is 55.8 Å². The summed E-state index contributed by atoms with van der Waals surface area (Å²) in [6.45, 7) is 9.57. The summed E-state index contributed by atoms with van der Waals surface area (Å²) in [6.07, 6.45) is 11.7. The lowest BCUT2D eigenvalue weighted by atomic mass is 9.98. The number of anilines is 1. The van der Waals surface area contributed by atoms with Crippen LogP contribution in [0.25, 0.3) is 56.0 Å². The summed E-state index contributed by atoms with van der Waals surface area (Å²) in [5, 5.41) is 3.61. The Kier molecular flexibility index (Phi) is 8.85. The van der Waals surface area contributed by atoms with Crippen LogP contribution in [-0.4, -0.2) is 44.6 Å². The van der Waals surface area contributed by atoms with Crippen LogP contribution < -0.4 is 9.62 Å². The van der Waals surface area contributed by atoms with E-state index in [1.807, 2.05) is 39.0 Å². The number of amides is 1. The second kappa shape index (κ2) is 12.6. The number of hydrogen-bond acceptors (Lipinski definition) is 5. The van der Waals surface area contributed by atoms with Crippen molar-refractivity contribution in [2.75, 3.05) is 24.7 Å². The molecule has 0 unspecified atom stereocenters. The Hall–Kier alpha value is -5.22. The van der Waals surface area contributed by atoms with Gasteiger partial charge in [0.1, 0.15) is 17.2 Å². The SMILES string of the molecule is C=C/C=C(\C=C/C)c1oc2cc(N(C)S(C)(=O)=O)c(-c3cc(-c4cc5c(F)cccc5[nH]4)c(C=C(C)C)cn3)cc2c1C(=O)NC. The number of carbonyl (C=O) groups excluding carboxylic acids is 1. The standard InChI is InChI=1S/C36H35FN4O4S/c1-8-11-22(12-9-2)35-34(36(42)38-5)27-16-26(32(19-33(27)45-35)41(6)46(7,43)44)30-17-24(23(20-39-30)15-21(3)4)31-18-25-28(37)13-10-14-29(25)40-31/h8-20,40H,1H2,2-7H3,(H,38,42)/b12-9-,22-11+. The summed E-state index contributed by atoms with van der Waals surface area (Å²) in [7, 11) is -0.749. The van der Waals surface area contributed by atoms with E-state index in [9.17, 15) is 17.6 Å². The van der Waals surface area contributed by atoms with Gasteiger partial charge in [0, 0.05) is 70.6 Å². The van der Waals surface area contributed by atoms with E-state index in [1.54, 1.807) is 54.8 Å². The lowest BCUT2D eigenvalue weighted by Crippen LogP contribution is -2.25. The van der Waals surface area contributed by atoms with Crippen molar-refractivity contribution in [1.82, 2.24) is 15.3 Å². The molecule has 0 atom stereocenters. The van der Waals surface area contributed by atoms with Crippen molar-refractivity contribution in [3.63, 3.8) is 0 Å². The van der Waals surface area contributed by atoms with Gasteiger partial charge in [-0.15, -0.1) is 0 Å². The highest BCUT2D eigenvalue weighted by Crippen LogP contribution is 2.41. The average Bonchev–Trinajstić information content (AvgIpc) is 3.61. The topological polar surface area (TPSA) is 108 Å². The number of hydrogen-bond donors (Lipinski definition) is 2. The number of halogens is 1. The molecule has 2 N–H and O–H groups in total. The molecule has 0 radical (unpaired) electrons. The van der Waals surface area contributed by atoms with Crippen molar-refractivity contribution >= 4 is 55.1 Å². The number of aromatic amines is 1. The number of benzene rings is 2. The van der Waals surface area contributed by atoms with Gasteiger partial charge < -0.3 is 14.7 Å². The molecule has 0 aliphatic carbocycles. The molecule has 2 aromatic carbocycles. The summed E-state index contributed by atoms with van der Waals surface area (Å²) < 4.78 is 47.9. The first-order valence-electron chi connectivity index (χ1n) is 14.5. The molecule has 3 heterocycles. The fourth-order valence-corrected chi connectivity index (χ4v) is 5.89. The zero-order chi connectivity index (χ0) is 33.3. The third-order valence-corrected chi connectivity index (χ3v) is 8.75. The first kappa shape index (κ1) is 32.2. The number of rotatable bonds is 9. The molecule has 0 saturated heterocycles. The van der Waals surface area contributed by atoms with Crippen LogP contribution in [0.5, 0.6) is 0 Å². The number of sulfonamides is 1. The van der Waals surface area contributed by atoms with Crippen LogP contribution in [0.2, 0.25) is 0 Å². The zero-order valence-electron chi connectivity index (χ0n) is 26.5. The van der Waals surface area contributed by atoms with E-state index in [0.717, 1.165) is 27.3 Å². The Morgan fingerprint density at radius 2 is 1.89 bits per heavy atom. The number of nitrogens with zero attached hydrogens (tertiary/aromatic N) is 2. The van der Waals surface area contributed by atoms with Gasteiger partial charge in [0.2, 0.25) is 10.0 Å². The Labute approximate surface area is 267 Å². The van der Waals surface area contributed by atoms with Gasteiger partial charge >= 0.3 is 0 Å². The van der Waals surface area contributed by atoms with E-state index in [4.69, 9.17) is 9.40 Å². The van der Waals surface area contributed by atoms with Crippen LogP contribution in [0.15, 0.2) is 89.5 Å². The molecule has 8 nitrogen and oxygen atoms in total. The van der Waals surface area contributed by atoms with Gasteiger partial charge in [0.05, 0.1) is 23.2 Å². The number of nitrogens with one attached hydrogen (secondary N) is 2. The second-order valence-electron chi connectivity index (χ2n) is 11.1. The van der Waals surface area contributed by atoms with Crippen LogP contribution in [0.4, 0.5) is 10.1 Å². The number of furan rings is 1. The molecule has 10 heteroatoms. The van der Waals surface area contributed by atoms with Gasteiger partial charge in [-0.2, -0.15) is 0 Å². The lowest BCUT2D eigenvalue weighted by Gasteiger charge is -2.21. The average molecular weight is 639 g/mol. The van der Waals surface area contributed by atoms with Gasteiger partial charge in [0.25, 0.3) is 5.91 Å². The summed E-state index contributed by atoms with van der Waals surface area (Å²) >= 11 is 0. The minimum atomic E-state index is -3.73. The smallest absolute Gasteiger partial charge is 0.255 e. The molecule has 3 aromatic heterocycles.